The van der Waals surface area contributed by atoms with E-state index in [1.807, 2.05) is 61.6 Å². The summed E-state index contributed by atoms with van der Waals surface area (Å²) in [6.45, 7) is 5.41. The Morgan fingerprint density at radius 3 is 2.32 bits per heavy atom. The zero-order chi connectivity index (χ0) is 27.3. The van der Waals surface area contributed by atoms with Crippen LogP contribution < -0.4 is 15.4 Å². The van der Waals surface area contributed by atoms with Crippen molar-refractivity contribution in [3.05, 3.63) is 84.6 Å². The second kappa shape index (κ2) is 11.3. The smallest absolute Gasteiger partial charge is 0.411 e. The van der Waals surface area contributed by atoms with Crippen LogP contribution in [0.2, 0.25) is 0 Å². The predicted molar refractivity (Wildman–Crippen MR) is 153 cm³/mol. The Bertz CT molecular complexity index is 1510. The first-order chi connectivity index (χ1) is 18.0. The second-order valence-electron chi connectivity index (χ2n) is 9.61. The summed E-state index contributed by atoms with van der Waals surface area (Å²) >= 11 is 1.39. The molecule has 0 saturated carbocycles. The van der Waals surface area contributed by atoms with Crippen molar-refractivity contribution >= 4 is 38.8 Å². The number of benzene rings is 3. The van der Waals surface area contributed by atoms with Crippen LogP contribution in [0.1, 0.15) is 26.3 Å². The van der Waals surface area contributed by atoms with Crippen LogP contribution in [0.5, 0.6) is 0 Å². The molecule has 4 rings (SSSR count). The lowest BCUT2D eigenvalue weighted by atomic mass is 10.1. The summed E-state index contributed by atoms with van der Waals surface area (Å²) < 4.78 is 34.9. The fraction of sp³-hybridized carbons (Fsp3) is 0.214. The highest BCUT2D eigenvalue weighted by molar-refractivity contribution is 7.89. The number of aromatic nitrogens is 1. The summed E-state index contributed by atoms with van der Waals surface area (Å²) in [7, 11) is -2.09. The highest BCUT2D eigenvalue weighted by Crippen LogP contribution is 2.37. The maximum atomic E-state index is 13.5. The van der Waals surface area contributed by atoms with Crippen molar-refractivity contribution in [3.8, 4) is 21.0 Å². The van der Waals surface area contributed by atoms with Gasteiger partial charge in [0.2, 0.25) is 10.0 Å². The van der Waals surface area contributed by atoms with E-state index in [2.05, 4.69) is 20.3 Å². The lowest BCUT2D eigenvalue weighted by Crippen LogP contribution is -2.40. The van der Waals surface area contributed by atoms with E-state index in [4.69, 9.17) is 4.74 Å². The molecule has 1 amide bonds. The molecule has 0 saturated heterocycles. The van der Waals surface area contributed by atoms with E-state index in [-0.39, 0.29) is 11.5 Å². The average Bonchev–Trinajstić information content (AvgIpc) is 3.37. The van der Waals surface area contributed by atoms with Gasteiger partial charge in [-0.05, 0) is 62.7 Å². The predicted octanol–water partition coefficient (Wildman–Crippen LogP) is 6.34. The monoisotopic (exact) mass is 550 g/mol. The van der Waals surface area contributed by atoms with Gasteiger partial charge in [-0.25, -0.2) is 22.9 Å². The Hall–Kier alpha value is -3.73. The van der Waals surface area contributed by atoms with E-state index < -0.39 is 21.7 Å². The van der Waals surface area contributed by atoms with Gasteiger partial charge in [-0.15, -0.1) is 11.3 Å². The van der Waals surface area contributed by atoms with E-state index in [0.717, 1.165) is 21.8 Å². The average molecular weight is 551 g/mol. The Morgan fingerprint density at radius 2 is 1.66 bits per heavy atom. The van der Waals surface area contributed by atoms with Crippen molar-refractivity contribution < 1.29 is 17.9 Å². The van der Waals surface area contributed by atoms with Crippen LogP contribution in [0.15, 0.2) is 83.9 Å². The molecule has 0 spiro atoms. The summed E-state index contributed by atoms with van der Waals surface area (Å²) in [5, 5.41) is 6.49. The number of rotatable bonds is 8. The Balaban J connectivity index is 1.64. The molecule has 0 atom stereocenters. The van der Waals surface area contributed by atoms with Gasteiger partial charge in [0.05, 0.1) is 9.77 Å². The normalized spacial score (nSPS) is 11.7. The molecule has 3 aromatic carbocycles. The lowest BCUT2D eigenvalue weighted by molar-refractivity contribution is 0.155. The largest absolute Gasteiger partial charge is 0.444 e. The maximum Gasteiger partial charge on any atom is 0.411 e. The van der Waals surface area contributed by atoms with Gasteiger partial charge in [-0.3, -0.25) is 5.32 Å². The molecule has 0 aliphatic heterocycles. The Labute approximate surface area is 227 Å². The zero-order valence-electron chi connectivity index (χ0n) is 21.6. The number of ether oxygens (including phenoxy) is 1. The maximum absolute atomic E-state index is 13.5. The number of thiazole rings is 1. The fourth-order valence-corrected chi connectivity index (χ4v) is 6.36. The first-order valence-corrected chi connectivity index (χ1v) is 14.2. The Kier molecular flexibility index (Phi) is 8.15. The van der Waals surface area contributed by atoms with E-state index in [1.165, 1.54) is 17.4 Å². The van der Waals surface area contributed by atoms with E-state index in [1.54, 1.807) is 39.1 Å². The number of carbonyl (C=O) groups is 1. The fourth-order valence-electron chi connectivity index (χ4n) is 3.67. The van der Waals surface area contributed by atoms with Crippen LogP contribution >= 0.6 is 11.3 Å². The molecule has 0 bridgehead atoms. The summed E-state index contributed by atoms with van der Waals surface area (Å²) in [4.78, 5) is 17.7. The first kappa shape index (κ1) is 27.3. The third kappa shape index (κ3) is 6.97. The van der Waals surface area contributed by atoms with E-state index in [0.29, 0.717) is 16.1 Å². The van der Waals surface area contributed by atoms with Gasteiger partial charge in [0.15, 0.2) is 0 Å². The topological polar surface area (TPSA) is 109 Å². The molecule has 0 aliphatic carbocycles. The van der Waals surface area contributed by atoms with E-state index >= 15 is 0 Å². The van der Waals surface area contributed by atoms with Crippen LogP contribution in [0.25, 0.3) is 21.0 Å². The number of carbonyl (C=O) groups excluding carboxylic acids is 1. The van der Waals surface area contributed by atoms with Gasteiger partial charge in [-0.1, -0.05) is 36.4 Å². The van der Waals surface area contributed by atoms with Gasteiger partial charge < -0.3 is 10.1 Å². The lowest BCUT2D eigenvalue weighted by Gasteiger charge is -2.22. The number of nitrogens with zero attached hydrogens (tertiary/aromatic N) is 1. The summed E-state index contributed by atoms with van der Waals surface area (Å²) in [6.07, 6.45) is 0.984. The van der Waals surface area contributed by atoms with Gasteiger partial charge in [-0.2, -0.15) is 0 Å². The number of amides is 1. The molecule has 10 heteroatoms. The summed E-state index contributed by atoms with van der Waals surface area (Å²) in [5.41, 5.74) is 2.84. The Morgan fingerprint density at radius 1 is 0.974 bits per heavy atom. The number of hydrogen-bond donors (Lipinski definition) is 3. The number of anilines is 2. The SMILES string of the molecule is CNc1ccc(-c2ncc(-c3ccc(NC(=O)OCc4ccccc4)cc3S(=O)(=O)NC(C)(C)C)s2)cc1. The summed E-state index contributed by atoms with van der Waals surface area (Å²) in [6, 6.07) is 21.9. The van der Waals surface area contributed by atoms with Crippen molar-refractivity contribution in [2.75, 3.05) is 17.7 Å². The third-order valence-electron chi connectivity index (χ3n) is 5.36. The minimum atomic E-state index is -3.95. The van der Waals surface area contributed by atoms with Gasteiger partial charge in [0.1, 0.15) is 11.6 Å². The minimum Gasteiger partial charge on any atom is -0.444 e. The van der Waals surface area contributed by atoms with Gasteiger partial charge in [0, 0.05) is 41.3 Å². The van der Waals surface area contributed by atoms with Crippen molar-refractivity contribution in [2.45, 2.75) is 37.8 Å². The van der Waals surface area contributed by atoms with Crippen molar-refractivity contribution in [1.82, 2.24) is 9.71 Å². The van der Waals surface area contributed by atoms with E-state index in [9.17, 15) is 13.2 Å². The molecule has 0 radical (unpaired) electrons. The molecule has 0 aliphatic rings. The molecule has 1 heterocycles. The van der Waals surface area contributed by atoms with Crippen LogP contribution in [0, 0.1) is 0 Å². The van der Waals surface area contributed by atoms with Crippen LogP contribution in [0.3, 0.4) is 0 Å². The van der Waals surface area contributed by atoms with Crippen molar-refractivity contribution in [2.24, 2.45) is 0 Å². The quantitative estimate of drug-likeness (QED) is 0.236. The molecule has 198 valence electrons. The minimum absolute atomic E-state index is 0.0361. The number of nitrogens with one attached hydrogen (secondary N) is 3. The summed E-state index contributed by atoms with van der Waals surface area (Å²) in [5.74, 6) is 0. The van der Waals surface area contributed by atoms with Crippen LogP contribution in [-0.4, -0.2) is 32.1 Å². The number of sulfonamides is 1. The van der Waals surface area contributed by atoms with Crippen molar-refractivity contribution in [1.29, 1.82) is 0 Å². The molecular weight excluding hydrogens is 520 g/mol. The molecule has 3 N–H and O–H groups in total. The molecule has 4 aromatic rings. The molecule has 1 aromatic heterocycles. The zero-order valence-corrected chi connectivity index (χ0v) is 23.2. The van der Waals surface area contributed by atoms with Gasteiger partial charge in [0.25, 0.3) is 0 Å². The first-order valence-electron chi connectivity index (χ1n) is 11.9. The molecule has 8 nitrogen and oxygen atoms in total. The molecule has 0 unspecified atom stereocenters. The van der Waals surface area contributed by atoms with Crippen molar-refractivity contribution in [3.63, 3.8) is 0 Å². The molecule has 0 fully saturated rings. The van der Waals surface area contributed by atoms with Crippen LogP contribution in [0.4, 0.5) is 16.2 Å². The highest BCUT2D eigenvalue weighted by atomic mass is 32.2. The molecule has 38 heavy (non-hydrogen) atoms. The number of hydrogen-bond acceptors (Lipinski definition) is 7. The second-order valence-corrected chi connectivity index (χ2v) is 12.3. The molecular formula is C28H30N4O4S2. The van der Waals surface area contributed by atoms with Gasteiger partial charge >= 0.3 is 6.09 Å². The van der Waals surface area contributed by atoms with Crippen LogP contribution in [-0.2, 0) is 21.4 Å². The highest BCUT2D eigenvalue weighted by Gasteiger charge is 2.26. The third-order valence-corrected chi connectivity index (χ3v) is 8.24. The standard InChI is InChI=1S/C28H30N4O4S2/c1-28(2,3)32-38(34,35)25-16-22(31-27(33)36-18-19-8-6-5-7-9-19)14-15-23(25)24-17-30-26(37-24)20-10-12-21(29-4)13-11-20/h5-17,29,32H,18H2,1-4H3,(H,31,33).